The third-order valence-corrected chi connectivity index (χ3v) is 2.72. The number of carboxylic acid groups (broad SMARTS) is 1. The molecule has 0 unspecified atom stereocenters. The second kappa shape index (κ2) is 2.67. The van der Waals surface area contributed by atoms with E-state index in [1.54, 1.807) is 0 Å². The molecule has 2 aromatic heterocycles. The van der Waals surface area contributed by atoms with Gasteiger partial charge in [0.15, 0.2) is 0 Å². The molecular weight excluding hydrogens is 190 g/mol. The van der Waals surface area contributed by atoms with E-state index in [9.17, 15) is 4.79 Å². The Balaban J connectivity index is 2.81. The van der Waals surface area contributed by atoms with Crippen LogP contribution in [-0.2, 0) is 0 Å². The van der Waals surface area contributed by atoms with E-state index < -0.39 is 5.97 Å². The molecule has 0 bridgehead atoms. The first kappa shape index (κ1) is 7.93. The van der Waals surface area contributed by atoms with Gasteiger partial charge in [0.05, 0.1) is 11.1 Å². The summed E-state index contributed by atoms with van der Waals surface area (Å²) < 4.78 is 0. The quantitative estimate of drug-likeness (QED) is 0.707. The van der Waals surface area contributed by atoms with Crippen LogP contribution >= 0.6 is 11.3 Å². The number of nitrogens with two attached hydrogens (primary N) is 1. The molecule has 0 aliphatic carbocycles. The highest BCUT2D eigenvalue weighted by Crippen LogP contribution is 2.30. The number of rotatable bonds is 1. The zero-order chi connectivity index (χ0) is 9.42. The molecule has 2 aromatic rings. The number of aromatic nitrogens is 2. The van der Waals surface area contributed by atoms with E-state index in [-0.39, 0.29) is 10.6 Å². The fourth-order valence-electron chi connectivity index (χ4n) is 1.02. The third kappa shape index (κ3) is 1.11. The van der Waals surface area contributed by atoms with Crippen LogP contribution in [-0.4, -0.2) is 21.0 Å². The monoisotopic (exact) mass is 195 g/mol. The normalized spacial score (nSPS) is 10.5. The maximum Gasteiger partial charge on any atom is 0.348 e. The molecule has 5 nitrogen and oxygen atoms in total. The number of hydrogen-bond donors (Lipinski definition) is 2. The lowest BCUT2D eigenvalue weighted by Gasteiger charge is -1.89. The first-order valence-corrected chi connectivity index (χ1v) is 4.23. The Morgan fingerprint density at radius 3 is 3.00 bits per heavy atom. The van der Waals surface area contributed by atoms with Crippen molar-refractivity contribution in [3.8, 4) is 0 Å². The summed E-state index contributed by atoms with van der Waals surface area (Å²) in [6.45, 7) is 0. The number of nitrogen functional groups attached to an aromatic ring is 1. The third-order valence-electron chi connectivity index (χ3n) is 1.60. The van der Waals surface area contributed by atoms with Gasteiger partial charge in [-0.2, -0.15) is 0 Å². The fraction of sp³-hybridized carbons (Fsp3) is 0. The lowest BCUT2D eigenvalue weighted by Crippen LogP contribution is -1.97. The lowest BCUT2D eigenvalue weighted by molar-refractivity contribution is 0.0703. The van der Waals surface area contributed by atoms with Gasteiger partial charge in [0.25, 0.3) is 0 Å². The van der Waals surface area contributed by atoms with E-state index in [0.29, 0.717) is 10.2 Å². The Labute approximate surface area is 76.9 Å². The smallest absolute Gasteiger partial charge is 0.348 e. The maximum absolute atomic E-state index is 10.7. The van der Waals surface area contributed by atoms with Gasteiger partial charge in [0, 0.05) is 6.20 Å². The average Bonchev–Trinajstić information content (AvgIpc) is 2.45. The lowest BCUT2D eigenvalue weighted by atomic mass is 10.3. The Morgan fingerprint density at radius 2 is 2.38 bits per heavy atom. The number of anilines is 1. The summed E-state index contributed by atoms with van der Waals surface area (Å²) in [7, 11) is 0. The van der Waals surface area contributed by atoms with Crippen molar-refractivity contribution in [2.45, 2.75) is 0 Å². The molecule has 0 fully saturated rings. The SMILES string of the molecule is Nc1c(C(=O)O)sc2ncncc12. The van der Waals surface area contributed by atoms with Crippen molar-refractivity contribution in [2.75, 3.05) is 5.73 Å². The minimum Gasteiger partial charge on any atom is -0.477 e. The largest absolute Gasteiger partial charge is 0.477 e. The van der Waals surface area contributed by atoms with Crippen molar-refractivity contribution in [1.82, 2.24) is 9.97 Å². The summed E-state index contributed by atoms with van der Waals surface area (Å²) in [5.74, 6) is -1.03. The molecule has 0 radical (unpaired) electrons. The van der Waals surface area contributed by atoms with Gasteiger partial charge in [-0.05, 0) is 0 Å². The molecule has 0 aliphatic rings. The van der Waals surface area contributed by atoms with Crippen LogP contribution in [0.3, 0.4) is 0 Å². The van der Waals surface area contributed by atoms with Gasteiger partial charge in [-0.3, -0.25) is 0 Å². The van der Waals surface area contributed by atoms with Crippen molar-refractivity contribution in [3.63, 3.8) is 0 Å². The molecule has 0 amide bonds. The molecule has 0 saturated carbocycles. The first-order chi connectivity index (χ1) is 6.20. The summed E-state index contributed by atoms with van der Waals surface area (Å²) in [5, 5.41) is 9.35. The van der Waals surface area contributed by atoms with Crippen LogP contribution in [0.25, 0.3) is 10.2 Å². The van der Waals surface area contributed by atoms with Gasteiger partial charge in [-0.15, -0.1) is 11.3 Å². The summed E-state index contributed by atoms with van der Waals surface area (Å²) in [5.41, 5.74) is 5.83. The highest BCUT2D eigenvalue weighted by atomic mass is 32.1. The number of aromatic carboxylic acids is 1. The molecule has 66 valence electrons. The van der Waals surface area contributed by atoms with E-state index in [0.717, 1.165) is 11.3 Å². The standard InChI is InChI=1S/C7H5N3O2S/c8-4-3-1-9-2-10-6(3)13-5(4)7(11)12/h1-2H,8H2,(H,11,12). The van der Waals surface area contributed by atoms with Crippen LogP contribution in [0.5, 0.6) is 0 Å². The number of nitrogens with zero attached hydrogens (tertiary/aromatic N) is 2. The summed E-state index contributed by atoms with van der Waals surface area (Å²) >= 11 is 1.06. The van der Waals surface area contributed by atoms with Crippen LogP contribution in [0.2, 0.25) is 0 Å². The van der Waals surface area contributed by atoms with E-state index in [1.807, 2.05) is 0 Å². The second-order valence-corrected chi connectivity index (χ2v) is 3.39. The first-order valence-electron chi connectivity index (χ1n) is 3.41. The molecule has 2 heterocycles. The van der Waals surface area contributed by atoms with Crippen LogP contribution in [0, 0.1) is 0 Å². The van der Waals surface area contributed by atoms with Crippen LogP contribution in [0.4, 0.5) is 5.69 Å². The summed E-state index contributed by atoms with van der Waals surface area (Å²) in [6, 6.07) is 0. The number of carboxylic acids is 1. The topological polar surface area (TPSA) is 89.1 Å². The van der Waals surface area contributed by atoms with Crippen molar-refractivity contribution in [2.24, 2.45) is 0 Å². The molecule has 2 rings (SSSR count). The Hall–Kier alpha value is -1.69. The van der Waals surface area contributed by atoms with Crippen LogP contribution in [0.15, 0.2) is 12.5 Å². The Morgan fingerprint density at radius 1 is 1.62 bits per heavy atom. The Bertz CT molecular complexity index is 480. The molecule has 0 atom stereocenters. The van der Waals surface area contributed by atoms with Gasteiger partial charge in [0.1, 0.15) is 16.0 Å². The van der Waals surface area contributed by atoms with Gasteiger partial charge >= 0.3 is 5.97 Å². The van der Waals surface area contributed by atoms with Crippen LogP contribution < -0.4 is 5.73 Å². The summed E-state index contributed by atoms with van der Waals surface area (Å²) in [4.78, 5) is 19.1. The van der Waals surface area contributed by atoms with Crippen molar-refractivity contribution in [3.05, 3.63) is 17.4 Å². The van der Waals surface area contributed by atoms with Crippen molar-refractivity contribution < 1.29 is 9.90 Å². The molecular formula is C7H5N3O2S. The van der Waals surface area contributed by atoms with Gasteiger partial charge in [-0.1, -0.05) is 0 Å². The van der Waals surface area contributed by atoms with E-state index in [2.05, 4.69) is 9.97 Å². The predicted octanol–water partition coefficient (Wildman–Crippen LogP) is 0.972. The van der Waals surface area contributed by atoms with Gasteiger partial charge in [-0.25, -0.2) is 14.8 Å². The predicted molar refractivity (Wildman–Crippen MR) is 48.8 cm³/mol. The highest BCUT2D eigenvalue weighted by molar-refractivity contribution is 7.21. The zero-order valence-corrected chi connectivity index (χ0v) is 7.21. The summed E-state index contributed by atoms with van der Waals surface area (Å²) in [6.07, 6.45) is 2.88. The van der Waals surface area contributed by atoms with Crippen molar-refractivity contribution in [1.29, 1.82) is 0 Å². The van der Waals surface area contributed by atoms with E-state index >= 15 is 0 Å². The molecule has 0 aliphatic heterocycles. The van der Waals surface area contributed by atoms with Gasteiger partial charge < -0.3 is 10.8 Å². The molecule has 6 heteroatoms. The van der Waals surface area contributed by atoms with Crippen molar-refractivity contribution >= 4 is 33.2 Å². The number of carbonyl (C=O) groups is 1. The maximum atomic E-state index is 10.7. The fourth-order valence-corrected chi connectivity index (χ4v) is 1.89. The zero-order valence-electron chi connectivity index (χ0n) is 6.39. The number of hydrogen-bond acceptors (Lipinski definition) is 5. The minimum atomic E-state index is -1.03. The second-order valence-electron chi connectivity index (χ2n) is 2.39. The minimum absolute atomic E-state index is 0.121. The van der Waals surface area contributed by atoms with E-state index in [4.69, 9.17) is 10.8 Å². The molecule has 0 spiro atoms. The molecule has 0 saturated heterocycles. The molecule has 13 heavy (non-hydrogen) atoms. The van der Waals surface area contributed by atoms with Crippen LogP contribution in [0.1, 0.15) is 9.67 Å². The molecule has 0 aromatic carbocycles. The van der Waals surface area contributed by atoms with Gasteiger partial charge in [0.2, 0.25) is 0 Å². The van der Waals surface area contributed by atoms with E-state index in [1.165, 1.54) is 12.5 Å². The number of thiophene rings is 1. The average molecular weight is 195 g/mol. The molecule has 3 N–H and O–H groups in total. The highest BCUT2D eigenvalue weighted by Gasteiger charge is 2.15. The Kier molecular flexibility index (Phi) is 1.63. The number of fused-ring (bicyclic) bond motifs is 1.